The van der Waals surface area contributed by atoms with Crippen molar-refractivity contribution in [2.45, 2.75) is 6.04 Å². The fourth-order valence-corrected chi connectivity index (χ4v) is 2.88. The highest BCUT2D eigenvalue weighted by atomic mass is 79.9. The molecule has 5 heteroatoms. The quantitative estimate of drug-likeness (QED) is 0.910. The lowest BCUT2D eigenvalue weighted by Crippen LogP contribution is -2.11. The van der Waals surface area contributed by atoms with Gasteiger partial charge in [0.15, 0.2) is 0 Å². The molecule has 1 unspecified atom stereocenters. The minimum Gasteiger partial charge on any atom is -0.320 e. The third-order valence-electron chi connectivity index (χ3n) is 2.33. The molecule has 0 aliphatic carbocycles. The number of aryl methyl sites for hydroxylation is 1. The standard InChI is InChI=1S/C11H11Br2N3/c1-16-6-8(5-15-16)11(14)7-2-9(12)4-10(13)3-7/h2-6,11H,14H2,1H3. The maximum atomic E-state index is 6.17. The van der Waals surface area contributed by atoms with Crippen molar-refractivity contribution >= 4 is 31.9 Å². The van der Waals surface area contributed by atoms with Crippen LogP contribution in [0, 0.1) is 0 Å². The Morgan fingerprint density at radius 1 is 1.19 bits per heavy atom. The molecule has 2 aromatic rings. The molecule has 1 aromatic carbocycles. The van der Waals surface area contributed by atoms with Crippen molar-refractivity contribution in [2.75, 3.05) is 0 Å². The number of nitrogens with zero attached hydrogens (tertiary/aromatic N) is 2. The summed E-state index contributed by atoms with van der Waals surface area (Å²) >= 11 is 6.91. The van der Waals surface area contributed by atoms with E-state index >= 15 is 0 Å². The highest BCUT2D eigenvalue weighted by Gasteiger charge is 2.11. The van der Waals surface area contributed by atoms with E-state index in [0.29, 0.717) is 0 Å². The lowest BCUT2D eigenvalue weighted by molar-refractivity contribution is 0.765. The average Bonchev–Trinajstić information content (AvgIpc) is 2.62. The van der Waals surface area contributed by atoms with Crippen molar-refractivity contribution in [2.24, 2.45) is 12.8 Å². The molecule has 0 amide bonds. The van der Waals surface area contributed by atoms with Gasteiger partial charge in [0.1, 0.15) is 0 Å². The Morgan fingerprint density at radius 2 is 1.81 bits per heavy atom. The number of hydrogen-bond donors (Lipinski definition) is 1. The second-order valence-electron chi connectivity index (χ2n) is 3.63. The third kappa shape index (κ3) is 2.53. The van der Waals surface area contributed by atoms with Gasteiger partial charge in [0.25, 0.3) is 0 Å². The molecule has 1 atom stereocenters. The minimum atomic E-state index is -0.150. The summed E-state index contributed by atoms with van der Waals surface area (Å²) in [5, 5.41) is 4.12. The van der Waals surface area contributed by atoms with E-state index in [1.54, 1.807) is 10.9 Å². The van der Waals surface area contributed by atoms with E-state index in [2.05, 4.69) is 37.0 Å². The number of rotatable bonds is 2. The van der Waals surface area contributed by atoms with Gasteiger partial charge in [-0.05, 0) is 23.8 Å². The number of halogens is 2. The van der Waals surface area contributed by atoms with Gasteiger partial charge in [0, 0.05) is 27.8 Å². The molecule has 1 heterocycles. The van der Waals surface area contributed by atoms with Crippen LogP contribution in [0.15, 0.2) is 39.5 Å². The zero-order valence-electron chi connectivity index (χ0n) is 8.69. The zero-order chi connectivity index (χ0) is 11.7. The molecule has 0 radical (unpaired) electrons. The van der Waals surface area contributed by atoms with Gasteiger partial charge < -0.3 is 5.73 Å². The van der Waals surface area contributed by atoms with Crippen molar-refractivity contribution in [3.8, 4) is 0 Å². The highest BCUT2D eigenvalue weighted by Crippen LogP contribution is 2.26. The second-order valence-corrected chi connectivity index (χ2v) is 5.46. The maximum absolute atomic E-state index is 6.17. The molecule has 0 saturated carbocycles. The third-order valence-corrected chi connectivity index (χ3v) is 3.24. The first-order valence-corrected chi connectivity index (χ1v) is 6.35. The fraction of sp³-hybridized carbons (Fsp3) is 0.182. The van der Waals surface area contributed by atoms with E-state index < -0.39 is 0 Å². The summed E-state index contributed by atoms with van der Waals surface area (Å²) in [5.41, 5.74) is 8.23. The molecule has 2 N–H and O–H groups in total. The van der Waals surface area contributed by atoms with Crippen LogP contribution in [-0.4, -0.2) is 9.78 Å². The number of benzene rings is 1. The zero-order valence-corrected chi connectivity index (χ0v) is 11.9. The number of hydrogen-bond acceptors (Lipinski definition) is 2. The van der Waals surface area contributed by atoms with E-state index in [4.69, 9.17) is 5.73 Å². The van der Waals surface area contributed by atoms with Crippen LogP contribution in [0.3, 0.4) is 0 Å². The molecule has 84 valence electrons. The predicted octanol–water partition coefficient (Wildman–Crippen LogP) is 2.99. The van der Waals surface area contributed by atoms with Crippen LogP contribution >= 0.6 is 31.9 Å². The molecular weight excluding hydrogens is 334 g/mol. The van der Waals surface area contributed by atoms with Gasteiger partial charge in [0.05, 0.1) is 12.2 Å². The lowest BCUT2D eigenvalue weighted by atomic mass is 10.0. The van der Waals surface area contributed by atoms with E-state index in [-0.39, 0.29) is 6.04 Å². The SMILES string of the molecule is Cn1cc(C(N)c2cc(Br)cc(Br)c2)cn1. The van der Waals surface area contributed by atoms with Crippen LogP contribution in [0.1, 0.15) is 17.2 Å². The molecule has 0 spiro atoms. The Bertz CT molecular complexity index is 487. The number of aromatic nitrogens is 2. The van der Waals surface area contributed by atoms with Gasteiger partial charge in [-0.3, -0.25) is 4.68 Å². The molecule has 0 fully saturated rings. The molecule has 0 saturated heterocycles. The Morgan fingerprint density at radius 3 is 2.31 bits per heavy atom. The summed E-state index contributed by atoms with van der Waals surface area (Å²) in [6, 6.07) is 5.87. The van der Waals surface area contributed by atoms with Gasteiger partial charge in [-0.2, -0.15) is 5.10 Å². The molecular formula is C11H11Br2N3. The van der Waals surface area contributed by atoms with Crippen molar-refractivity contribution in [1.82, 2.24) is 9.78 Å². The van der Waals surface area contributed by atoms with Crippen molar-refractivity contribution in [1.29, 1.82) is 0 Å². The van der Waals surface area contributed by atoms with E-state index in [0.717, 1.165) is 20.1 Å². The normalized spacial score (nSPS) is 12.8. The first-order chi connectivity index (χ1) is 7.56. The van der Waals surface area contributed by atoms with Gasteiger partial charge in [0.2, 0.25) is 0 Å². The summed E-state index contributed by atoms with van der Waals surface area (Å²) in [7, 11) is 1.88. The Kier molecular flexibility index (Phi) is 3.47. The molecule has 0 aliphatic rings. The van der Waals surface area contributed by atoms with Crippen molar-refractivity contribution in [3.05, 3.63) is 50.7 Å². The van der Waals surface area contributed by atoms with Crippen molar-refractivity contribution in [3.63, 3.8) is 0 Å². The minimum absolute atomic E-state index is 0.150. The molecule has 1 aromatic heterocycles. The first kappa shape index (κ1) is 11.8. The van der Waals surface area contributed by atoms with E-state index in [9.17, 15) is 0 Å². The number of nitrogens with two attached hydrogens (primary N) is 1. The summed E-state index contributed by atoms with van der Waals surface area (Å²) < 4.78 is 3.77. The molecule has 0 bridgehead atoms. The van der Waals surface area contributed by atoms with Crippen molar-refractivity contribution < 1.29 is 0 Å². The Balaban J connectivity index is 2.37. The summed E-state index contributed by atoms with van der Waals surface area (Å²) in [6.07, 6.45) is 3.72. The van der Waals surface area contributed by atoms with E-state index in [1.807, 2.05) is 31.4 Å². The summed E-state index contributed by atoms with van der Waals surface area (Å²) in [6.45, 7) is 0. The van der Waals surface area contributed by atoms with Crippen LogP contribution in [0.25, 0.3) is 0 Å². The van der Waals surface area contributed by atoms with Gasteiger partial charge >= 0.3 is 0 Å². The molecule has 0 aliphatic heterocycles. The molecule has 16 heavy (non-hydrogen) atoms. The topological polar surface area (TPSA) is 43.8 Å². The lowest BCUT2D eigenvalue weighted by Gasteiger charge is -2.10. The maximum Gasteiger partial charge on any atom is 0.0583 e. The monoisotopic (exact) mass is 343 g/mol. The smallest absolute Gasteiger partial charge is 0.0583 e. The molecule has 3 nitrogen and oxygen atoms in total. The fourth-order valence-electron chi connectivity index (χ4n) is 1.55. The average molecular weight is 345 g/mol. The van der Waals surface area contributed by atoms with Gasteiger partial charge in [-0.15, -0.1) is 0 Å². The van der Waals surface area contributed by atoms with E-state index in [1.165, 1.54) is 0 Å². The van der Waals surface area contributed by atoms with Crippen LogP contribution in [0.2, 0.25) is 0 Å². The second kappa shape index (κ2) is 4.69. The highest BCUT2D eigenvalue weighted by molar-refractivity contribution is 9.11. The first-order valence-electron chi connectivity index (χ1n) is 4.76. The van der Waals surface area contributed by atoms with Gasteiger partial charge in [-0.1, -0.05) is 31.9 Å². The summed E-state index contributed by atoms with van der Waals surface area (Å²) in [5.74, 6) is 0. The Labute approximate surface area is 111 Å². The largest absolute Gasteiger partial charge is 0.320 e. The van der Waals surface area contributed by atoms with Crippen LogP contribution in [-0.2, 0) is 7.05 Å². The summed E-state index contributed by atoms with van der Waals surface area (Å²) in [4.78, 5) is 0. The van der Waals surface area contributed by atoms with Crippen LogP contribution in [0.5, 0.6) is 0 Å². The predicted molar refractivity (Wildman–Crippen MR) is 71.1 cm³/mol. The van der Waals surface area contributed by atoms with Gasteiger partial charge in [-0.25, -0.2) is 0 Å². The Hall–Kier alpha value is -0.650. The molecule has 2 rings (SSSR count). The van der Waals surface area contributed by atoms with Crippen LogP contribution < -0.4 is 5.73 Å². The van der Waals surface area contributed by atoms with Crippen LogP contribution in [0.4, 0.5) is 0 Å².